The van der Waals surface area contributed by atoms with E-state index >= 15 is 0 Å². The first-order chi connectivity index (χ1) is 18.7. The SMILES string of the molecule is COC1=CC(C(=O)O)C(c2ccc3nc(N)ncc3c2)=C(OC)C1(OC(C)=O)c1ccc2nc(N)ncc2c1. The topological polar surface area (TPSA) is 186 Å². The van der Waals surface area contributed by atoms with Crippen LogP contribution in [0.15, 0.2) is 66.4 Å². The lowest BCUT2D eigenvalue weighted by Crippen LogP contribution is -2.42. The number of hydrogen-bond donors (Lipinski definition) is 3. The largest absolute Gasteiger partial charge is 0.496 e. The molecule has 0 aliphatic heterocycles. The highest BCUT2D eigenvalue weighted by molar-refractivity contribution is 5.95. The molecule has 0 radical (unpaired) electrons. The number of anilines is 2. The van der Waals surface area contributed by atoms with Gasteiger partial charge >= 0.3 is 11.9 Å². The predicted octanol–water partition coefficient (Wildman–Crippen LogP) is 2.80. The summed E-state index contributed by atoms with van der Waals surface area (Å²) in [6.45, 7) is 1.24. The van der Waals surface area contributed by atoms with E-state index in [1.807, 2.05) is 0 Å². The number of benzene rings is 2. The monoisotopic (exact) mass is 528 g/mol. The number of fused-ring (bicyclic) bond motifs is 2. The zero-order valence-corrected chi connectivity index (χ0v) is 21.2. The number of hydrogen-bond acceptors (Lipinski definition) is 11. The number of ether oxygens (including phenoxy) is 3. The first-order valence-corrected chi connectivity index (χ1v) is 11.7. The van der Waals surface area contributed by atoms with E-state index in [0.717, 1.165) is 0 Å². The van der Waals surface area contributed by atoms with Crippen molar-refractivity contribution in [3.05, 3.63) is 77.5 Å². The number of nitrogens with zero attached hydrogens (tertiary/aromatic N) is 4. The fraction of sp³-hybridized carbons (Fsp3) is 0.185. The van der Waals surface area contributed by atoms with Gasteiger partial charge in [-0.2, -0.15) is 0 Å². The first kappa shape index (κ1) is 25.4. The number of rotatable bonds is 6. The molecule has 2 atom stereocenters. The Hall–Kier alpha value is -5.26. The average molecular weight is 529 g/mol. The number of nitrogens with two attached hydrogens (primary N) is 2. The minimum Gasteiger partial charge on any atom is -0.496 e. The van der Waals surface area contributed by atoms with Gasteiger partial charge in [0.15, 0.2) is 5.76 Å². The molecule has 2 heterocycles. The van der Waals surface area contributed by atoms with Gasteiger partial charge < -0.3 is 30.8 Å². The van der Waals surface area contributed by atoms with Gasteiger partial charge in [0.05, 0.1) is 25.3 Å². The Balaban J connectivity index is 1.86. The van der Waals surface area contributed by atoms with Crippen LogP contribution in [-0.4, -0.2) is 51.2 Å². The van der Waals surface area contributed by atoms with Gasteiger partial charge in [-0.25, -0.2) is 19.9 Å². The number of carboxylic acids is 1. The number of esters is 1. The summed E-state index contributed by atoms with van der Waals surface area (Å²) in [4.78, 5) is 41.7. The fourth-order valence-corrected chi connectivity index (χ4v) is 4.89. The molecule has 1 aliphatic carbocycles. The maximum atomic E-state index is 12.6. The lowest BCUT2D eigenvalue weighted by Gasteiger charge is -2.40. The highest BCUT2D eigenvalue weighted by Gasteiger charge is 2.53. The minimum absolute atomic E-state index is 0.0517. The molecule has 0 spiro atoms. The molecule has 2 unspecified atom stereocenters. The quantitative estimate of drug-likeness (QED) is 0.311. The van der Waals surface area contributed by atoms with E-state index in [-0.39, 0.29) is 29.0 Å². The van der Waals surface area contributed by atoms with E-state index < -0.39 is 23.5 Å². The number of methoxy groups -OCH3 is 2. The molecule has 0 saturated heterocycles. The van der Waals surface area contributed by atoms with Crippen LogP contribution in [0.25, 0.3) is 27.4 Å². The second kappa shape index (κ2) is 9.56. The summed E-state index contributed by atoms with van der Waals surface area (Å²) in [5, 5.41) is 11.5. The van der Waals surface area contributed by atoms with Crippen LogP contribution in [0.5, 0.6) is 0 Å². The zero-order chi connectivity index (χ0) is 27.9. The van der Waals surface area contributed by atoms with Crippen LogP contribution in [0.1, 0.15) is 18.1 Å². The van der Waals surface area contributed by atoms with Crippen molar-refractivity contribution in [1.29, 1.82) is 0 Å². The van der Waals surface area contributed by atoms with Crippen LogP contribution in [0, 0.1) is 5.92 Å². The summed E-state index contributed by atoms with van der Waals surface area (Å²) in [7, 11) is 2.74. The Morgan fingerprint density at radius 3 is 2.10 bits per heavy atom. The van der Waals surface area contributed by atoms with E-state index in [9.17, 15) is 14.7 Å². The molecular weight excluding hydrogens is 504 g/mol. The Bertz CT molecular complexity index is 1720. The predicted molar refractivity (Wildman–Crippen MR) is 141 cm³/mol. The van der Waals surface area contributed by atoms with Gasteiger partial charge in [0.2, 0.25) is 17.5 Å². The molecular formula is C27H24N6O6. The van der Waals surface area contributed by atoms with Gasteiger partial charge in [-0.3, -0.25) is 9.59 Å². The third kappa shape index (κ3) is 4.21. The van der Waals surface area contributed by atoms with Gasteiger partial charge in [-0.15, -0.1) is 0 Å². The van der Waals surface area contributed by atoms with Gasteiger partial charge in [0, 0.05) is 41.2 Å². The third-order valence-electron chi connectivity index (χ3n) is 6.44. The normalized spacial score (nSPS) is 19.1. The standard InChI is InChI=1S/C27H24N6O6/c1-13(34)39-27(17-5-7-20-16(9-17)12-31-26(29)33-20)21(37-2)10-18(24(35)36)22(23(27)38-3)14-4-6-19-15(8-14)11-30-25(28)32-19/h4-12,18H,1-3H3,(H,35,36)(H2,28,30,32)(H2,29,31,33). The highest BCUT2D eigenvalue weighted by atomic mass is 16.6. The third-order valence-corrected chi connectivity index (χ3v) is 6.44. The van der Waals surface area contributed by atoms with E-state index in [0.29, 0.717) is 32.9 Å². The smallest absolute Gasteiger partial charge is 0.315 e. The number of aliphatic carboxylic acids is 1. The van der Waals surface area contributed by atoms with Crippen LogP contribution in [0.4, 0.5) is 11.9 Å². The maximum absolute atomic E-state index is 12.6. The summed E-state index contributed by atoms with van der Waals surface area (Å²) in [6.07, 6.45) is 4.47. The Morgan fingerprint density at radius 1 is 0.923 bits per heavy atom. The number of carboxylic acid groups (broad SMARTS) is 1. The van der Waals surface area contributed by atoms with Crippen molar-refractivity contribution in [1.82, 2.24) is 19.9 Å². The zero-order valence-electron chi connectivity index (χ0n) is 21.2. The molecule has 2 aromatic carbocycles. The van der Waals surface area contributed by atoms with E-state index in [1.54, 1.807) is 36.4 Å². The van der Waals surface area contributed by atoms with Crippen LogP contribution in [-0.2, 0) is 29.4 Å². The van der Waals surface area contributed by atoms with E-state index in [4.69, 9.17) is 25.7 Å². The van der Waals surface area contributed by atoms with Gasteiger partial charge in [0.25, 0.3) is 0 Å². The van der Waals surface area contributed by atoms with Crippen LogP contribution in [0.3, 0.4) is 0 Å². The van der Waals surface area contributed by atoms with Gasteiger partial charge in [-0.05, 0) is 35.9 Å². The van der Waals surface area contributed by atoms with Gasteiger partial charge in [0.1, 0.15) is 11.7 Å². The molecule has 1 aliphatic rings. The van der Waals surface area contributed by atoms with Crippen molar-refractivity contribution in [3.8, 4) is 0 Å². The molecule has 12 heteroatoms. The molecule has 0 saturated carbocycles. The Morgan fingerprint density at radius 2 is 1.54 bits per heavy atom. The lowest BCUT2D eigenvalue weighted by molar-refractivity contribution is -0.158. The Kier molecular flexibility index (Phi) is 6.22. The van der Waals surface area contributed by atoms with Crippen LogP contribution in [0.2, 0.25) is 0 Å². The molecule has 0 bridgehead atoms. The Labute approximate surface area is 221 Å². The van der Waals surface area contributed by atoms with Crippen molar-refractivity contribution in [2.75, 3.05) is 25.7 Å². The molecule has 12 nitrogen and oxygen atoms in total. The summed E-state index contributed by atoms with van der Waals surface area (Å²) >= 11 is 0. The highest BCUT2D eigenvalue weighted by Crippen LogP contribution is 2.51. The first-order valence-electron chi connectivity index (χ1n) is 11.7. The van der Waals surface area contributed by atoms with Crippen molar-refractivity contribution in [3.63, 3.8) is 0 Å². The molecule has 198 valence electrons. The minimum atomic E-state index is -1.78. The van der Waals surface area contributed by atoms with Gasteiger partial charge in [-0.1, -0.05) is 12.1 Å². The summed E-state index contributed by atoms with van der Waals surface area (Å²) in [6, 6.07) is 10.2. The molecule has 0 amide bonds. The van der Waals surface area contributed by atoms with E-state index in [1.165, 1.54) is 39.6 Å². The summed E-state index contributed by atoms with van der Waals surface area (Å²) < 4.78 is 17.6. The van der Waals surface area contributed by atoms with Crippen LogP contribution >= 0.6 is 0 Å². The number of nitrogen functional groups attached to an aromatic ring is 2. The second-order valence-corrected chi connectivity index (χ2v) is 8.78. The number of carbonyl (C=O) groups is 2. The molecule has 5 rings (SSSR count). The van der Waals surface area contributed by atoms with Crippen LogP contribution < -0.4 is 11.5 Å². The van der Waals surface area contributed by atoms with Crippen molar-refractivity contribution < 1.29 is 28.9 Å². The van der Waals surface area contributed by atoms with E-state index in [2.05, 4.69) is 19.9 Å². The average Bonchev–Trinajstić information content (AvgIpc) is 2.91. The summed E-state index contributed by atoms with van der Waals surface area (Å²) in [5.74, 6) is -2.72. The van der Waals surface area contributed by atoms with Crippen molar-refractivity contribution in [2.24, 2.45) is 5.92 Å². The molecule has 5 N–H and O–H groups in total. The lowest BCUT2D eigenvalue weighted by atomic mass is 9.75. The molecule has 2 aromatic heterocycles. The van der Waals surface area contributed by atoms with Crippen molar-refractivity contribution in [2.45, 2.75) is 12.5 Å². The second-order valence-electron chi connectivity index (χ2n) is 8.78. The molecule has 39 heavy (non-hydrogen) atoms. The molecule has 0 fully saturated rings. The number of aromatic nitrogens is 4. The number of carbonyl (C=O) groups excluding carboxylic acids is 1. The fourth-order valence-electron chi connectivity index (χ4n) is 4.89. The maximum Gasteiger partial charge on any atom is 0.315 e. The van der Waals surface area contributed by atoms with Crippen molar-refractivity contribution >= 4 is 51.2 Å². The summed E-state index contributed by atoms with van der Waals surface area (Å²) in [5.41, 5.74) is 12.0. The molecule has 4 aromatic rings.